The average molecular weight is 278 g/mol. The average Bonchev–Trinajstić information content (AvgIpc) is 2.38. The van der Waals surface area contributed by atoms with Gasteiger partial charge >= 0.3 is 5.97 Å². The third-order valence-electron chi connectivity index (χ3n) is 3.35. The van der Waals surface area contributed by atoms with Crippen LogP contribution in [-0.4, -0.2) is 23.0 Å². The van der Waals surface area contributed by atoms with Crippen molar-refractivity contribution in [2.45, 2.75) is 39.3 Å². The van der Waals surface area contributed by atoms with Crippen molar-refractivity contribution in [2.75, 3.05) is 0 Å². The highest BCUT2D eigenvalue weighted by molar-refractivity contribution is 5.80. The molecule has 1 aromatic carbocycles. The van der Waals surface area contributed by atoms with Gasteiger partial charge < -0.3 is 16.2 Å². The Morgan fingerprint density at radius 3 is 2.15 bits per heavy atom. The van der Waals surface area contributed by atoms with E-state index in [2.05, 4.69) is 5.32 Å². The molecule has 0 fully saturated rings. The molecule has 0 aliphatic carbocycles. The number of hydrogen-bond donors (Lipinski definition) is 3. The van der Waals surface area contributed by atoms with Crippen molar-refractivity contribution in [3.63, 3.8) is 0 Å². The van der Waals surface area contributed by atoms with Gasteiger partial charge in [-0.05, 0) is 24.0 Å². The van der Waals surface area contributed by atoms with Crippen LogP contribution in [0.4, 0.5) is 0 Å². The van der Waals surface area contributed by atoms with Gasteiger partial charge in [0.2, 0.25) is 5.91 Å². The molecule has 2 atom stereocenters. The van der Waals surface area contributed by atoms with E-state index < -0.39 is 11.9 Å². The zero-order valence-electron chi connectivity index (χ0n) is 12.1. The third kappa shape index (κ3) is 4.35. The molecule has 0 aliphatic heterocycles. The highest BCUT2D eigenvalue weighted by atomic mass is 16.4. The van der Waals surface area contributed by atoms with Gasteiger partial charge in [-0.3, -0.25) is 9.59 Å². The van der Waals surface area contributed by atoms with E-state index in [4.69, 9.17) is 10.8 Å². The normalized spacial score (nSPS) is 14.0. The molecule has 0 spiro atoms. The maximum Gasteiger partial charge on any atom is 0.310 e. The molecule has 2 unspecified atom stereocenters. The molecule has 0 heterocycles. The summed E-state index contributed by atoms with van der Waals surface area (Å²) >= 11 is 0. The zero-order chi connectivity index (χ0) is 15.3. The highest BCUT2D eigenvalue weighted by Gasteiger charge is 2.18. The SMILES string of the molecule is CC(C(=O)O)c1ccc(CNC(C(N)=O)C(C)C)cc1. The smallest absolute Gasteiger partial charge is 0.310 e. The fraction of sp³-hybridized carbons (Fsp3) is 0.467. The molecule has 0 saturated carbocycles. The van der Waals surface area contributed by atoms with Crippen LogP contribution in [0.3, 0.4) is 0 Å². The number of rotatable bonds is 7. The van der Waals surface area contributed by atoms with E-state index >= 15 is 0 Å². The molecular weight excluding hydrogens is 256 g/mol. The molecule has 5 heteroatoms. The van der Waals surface area contributed by atoms with Crippen molar-refractivity contribution in [3.05, 3.63) is 35.4 Å². The zero-order valence-corrected chi connectivity index (χ0v) is 12.1. The Labute approximate surface area is 119 Å². The Balaban J connectivity index is 2.66. The van der Waals surface area contributed by atoms with Crippen LogP contribution in [0.5, 0.6) is 0 Å². The topological polar surface area (TPSA) is 92.4 Å². The van der Waals surface area contributed by atoms with Crippen LogP contribution >= 0.6 is 0 Å². The molecule has 1 aromatic rings. The maximum atomic E-state index is 11.3. The Kier molecular flexibility index (Phi) is 5.70. The van der Waals surface area contributed by atoms with Crippen LogP contribution in [0.25, 0.3) is 0 Å². The number of benzene rings is 1. The van der Waals surface area contributed by atoms with Crippen LogP contribution < -0.4 is 11.1 Å². The first kappa shape index (κ1) is 16.2. The number of carbonyl (C=O) groups is 2. The van der Waals surface area contributed by atoms with Gasteiger partial charge in [0.05, 0.1) is 12.0 Å². The fourth-order valence-electron chi connectivity index (χ4n) is 1.96. The minimum absolute atomic E-state index is 0.124. The first-order chi connectivity index (χ1) is 9.32. The molecule has 4 N–H and O–H groups in total. The van der Waals surface area contributed by atoms with Crippen molar-refractivity contribution in [2.24, 2.45) is 11.7 Å². The van der Waals surface area contributed by atoms with Crippen LogP contribution in [0.2, 0.25) is 0 Å². The van der Waals surface area contributed by atoms with Gasteiger partial charge in [-0.2, -0.15) is 0 Å². The molecule has 1 amide bonds. The van der Waals surface area contributed by atoms with Crippen molar-refractivity contribution < 1.29 is 14.7 Å². The first-order valence-corrected chi connectivity index (χ1v) is 6.67. The largest absolute Gasteiger partial charge is 0.481 e. The summed E-state index contributed by atoms with van der Waals surface area (Å²) in [5, 5.41) is 12.1. The lowest BCUT2D eigenvalue weighted by molar-refractivity contribution is -0.138. The summed E-state index contributed by atoms with van der Waals surface area (Å²) in [5.41, 5.74) is 7.08. The summed E-state index contributed by atoms with van der Waals surface area (Å²) < 4.78 is 0. The number of amides is 1. The molecule has 0 bridgehead atoms. The second kappa shape index (κ2) is 7.05. The molecule has 110 valence electrons. The Morgan fingerprint density at radius 2 is 1.75 bits per heavy atom. The van der Waals surface area contributed by atoms with Gasteiger partial charge in [0.15, 0.2) is 0 Å². The molecule has 0 aromatic heterocycles. The number of nitrogens with two attached hydrogens (primary N) is 1. The number of hydrogen-bond acceptors (Lipinski definition) is 3. The summed E-state index contributed by atoms with van der Waals surface area (Å²) in [6.45, 7) is 6.03. The predicted molar refractivity (Wildman–Crippen MR) is 77.2 cm³/mol. The van der Waals surface area contributed by atoms with Crippen molar-refractivity contribution in [3.8, 4) is 0 Å². The van der Waals surface area contributed by atoms with Crippen molar-refractivity contribution in [1.82, 2.24) is 5.32 Å². The minimum atomic E-state index is -0.843. The van der Waals surface area contributed by atoms with Crippen molar-refractivity contribution >= 4 is 11.9 Å². The summed E-state index contributed by atoms with van der Waals surface area (Å²) in [7, 11) is 0. The molecule has 5 nitrogen and oxygen atoms in total. The van der Waals surface area contributed by atoms with E-state index in [0.29, 0.717) is 6.54 Å². The monoisotopic (exact) mass is 278 g/mol. The lowest BCUT2D eigenvalue weighted by Crippen LogP contribution is -2.44. The van der Waals surface area contributed by atoms with Gasteiger partial charge in [-0.15, -0.1) is 0 Å². The van der Waals surface area contributed by atoms with Crippen LogP contribution in [0.15, 0.2) is 24.3 Å². The third-order valence-corrected chi connectivity index (χ3v) is 3.35. The molecule has 0 aliphatic rings. The summed E-state index contributed by atoms with van der Waals surface area (Å²) in [5.74, 6) is -1.61. The van der Waals surface area contributed by atoms with E-state index in [1.165, 1.54) is 0 Å². The van der Waals surface area contributed by atoms with Crippen LogP contribution in [0.1, 0.15) is 37.8 Å². The summed E-state index contributed by atoms with van der Waals surface area (Å²) in [6.07, 6.45) is 0. The number of nitrogens with one attached hydrogen (secondary N) is 1. The van der Waals surface area contributed by atoms with E-state index in [-0.39, 0.29) is 17.9 Å². The quantitative estimate of drug-likeness (QED) is 0.704. The van der Waals surface area contributed by atoms with Crippen LogP contribution in [-0.2, 0) is 16.1 Å². The number of aliphatic carboxylic acids is 1. The molecular formula is C15H22N2O3. The Hall–Kier alpha value is -1.88. The standard InChI is InChI=1S/C15H22N2O3/c1-9(2)13(14(16)18)17-8-11-4-6-12(7-5-11)10(3)15(19)20/h4-7,9-10,13,17H,8H2,1-3H3,(H2,16,18)(H,19,20). The van der Waals surface area contributed by atoms with Crippen molar-refractivity contribution in [1.29, 1.82) is 0 Å². The van der Waals surface area contributed by atoms with E-state index in [9.17, 15) is 9.59 Å². The Bertz CT molecular complexity index is 469. The summed E-state index contributed by atoms with van der Waals surface area (Å²) in [6, 6.07) is 6.95. The minimum Gasteiger partial charge on any atom is -0.481 e. The van der Waals surface area contributed by atoms with Gasteiger partial charge in [-0.1, -0.05) is 38.1 Å². The molecule has 0 radical (unpaired) electrons. The molecule has 20 heavy (non-hydrogen) atoms. The number of carboxylic acid groups (broad SMARTS) is 1. The van der Waals surface area contributed by atoms with Gasteiger partial charge in [0, 0.05) is 6.54 Å². The van der Waals surface area contributed by atoms with Crippen LogP contribution in [0, 0.1) is 5.92 Å². The van der Waals surface area contributed by atoms with Gasteiger partial charge in [0.25, 0.3) is 0 Å². The first-order valence-electron chi connectivity index (χ1n) is 6.67. The van der Waals surface area contributed by atoms with E-state index in [0.717, 1.165) is 11.1 Å². The van der Waals surface area contributed by atoms with E-state index in [1.807, 2.05) is 26.0 Å². The summed E-state index contributed by atoms with van der Waals surface area (Å²) in [4.78, 5) is 22.2. The second-order valence-electron chi connectivity index (χ2n) is 5.31. The fourth-order valence-corrected chi connectivity index (χ4v) is 1.96. The number of carbonyl (C=O) groups excluding carboxylic acids is 1. The Morgan fingerprint density at radius 1 is 1.20 bits per heavy atom. The van der Waals surface area contributed by atoms with E-state index in [1.54, 1.807) is 19.1 Å². The maximum absolute atomic E-state index is 11.3. The number of carboxylic acids is 1. The highest BCUT2D eigenvalue weighted by Crippen LogP contribution is 2.16. The second-order valence-corrected chi connectivity index (χ2v) is 5.31. The predicted octanol–water partition coefficient (Wildman–Crippen LogP) is 1.47. The lowest BCUT2D eigenvalue weighted by atomic mass is 9.99. The van der Waals surface area contributed by atoms with Gasteiger partial charge in [0.1, 0.15) is 0 Å². The number of primary amides is 1. The molecule has 0 saturated heterocycles. The molecule has 1 rings (SSSR count). The van der Waals surface area contributed by atoms with Gasteiger partial charge in [-0.25, -0.2) is 0 Å². The lowest BCUT2D eigenvalue weighted by Gasteiger charge is -2.19.